The summed E-state index contributed by atoms with van der Waals surface area (Å²) in [6.45, 7) is 1.47. The second kappa shape index (κ2) is 9.40. The number of hydrogen-bond acceptors (Lipinski definition) is 5. The normalized spacial score (nSPS) is 13.6. The third-order valence-corrected chi connectivity index (χ3v) is 5.89. The number of aryl methyl sites for hydroxylation is 1. The van der Waals surface area contributed by atoms with Crippen LogP contribution in [0.15, 0.2) is 41.3 Å². The van der Waals surface area contributed by atoms with E-state index in [0.717, 1.165) is 17.5 Å². The fourth-order valence-corrected chi connectivity index (χ4v) is 4.19. The largest absolute Gasteiger partial charge is 0.505 e. The molecule has 8 nitrogen and oxygen atoms in total. The third kappa shape index (κ3) is 4.57. The van der Waals surface area contributed by atoms with E-state index in [1.807, 2.05) is 0 Å². The molecule has 0 radical (unpaired) electrons. The van der Waals surface area contributed by atoms with Gasteiger partial charge in [-0.1, -0.05) is 12.1 Å². The van der Waals surface area contributed by atoms with E-state index >= 15 is 0 Å². The standard InChI is InChI=1S/C24H25FN4O4/c1-26-23(32)20-22(31)21-18(13-16(14-27-21)12-15-5-7-17(25)8-6-15)29(24(20)33)11-3-10-28-9-2-4-19(28)30/h5-8,13-14,31H,2-4,9-12H2,1H3,(H,26,32). The van der Waals surface area contributed by atoms with Gasteiger partial charge in [0.25, 0.3) is 11.5 Å². The van der Waals surface area contributed by atoms with Gasteiger partial charge >= 0.3 is 0 Å². The molecule has 2 amide bonds. The van der Waals surface area contributed by atoms with Gasteiger partial charge in [0.1, 0.15) is 16.9 Å². The van der Waals surface area contributed by atoms with Crippen LogP contribution in [-0.4, -0.2) is 51.5 Å². The van der Waals surface area contributed by atoms with Gasteiger partial charge < -0.3 is 19.9 Å². The highest BCUT2D eigenvalue weighted by atomic mass is 19.1. The number of benzene rings is 1. The number of pyridine rings is 2. The summed E-state index contributed by atoms with van der Waals surface area (Å²) >= 11 is 0. The van der Waals surface area contributed by atoms with E-state index in [1.54, 1.807) is 29.3 Å². The fraction of sp³-hybridized carbons (Fsp3) is 0.333. The molecule has 0 atom stereocenters. The Morgan fingerprint density at radius 3 is 2.61 bits per heavy atom. The minimum atomic E-state index is -0.694. The van der Waals surface area contributed by atoms with Crippen molar-refractivity contribution in [3.8, 4) is 5.75 Å². The molecular weight excluding hydrogens is 427 g/mol. The van der Waals surface area contributed by atoms with Crippen molar-refractivity contribution >= 4 is 22.8 Å². The molecule has 1 aliphatic rings. The number of likely N-dealkylation sites (tertiary alicyclic amines) is 1. The molecule has 1 fully saturated rings. The summed E-state index contributed by atoms with van der Waals surface area (Å²) in [5.74, 6) is -1.38. The molecule has 4 rings (SSSR count). The number of aromatic nitrogens is 2. The molecule has 0 unspecified atom stereocenters. The molecule has 2 aromatic heterocycles. The van der Waals surface area contributed by atoms with Crippen LogP contribution in [-0.2, 0) is 17.8 Å². The van der Waals surface area contributed by atoms with Gasteiger partial charge in [-0.2, -0.15) is 0 Å². The zero-order valence-corrected chi connectivity index (χ0v) is 18.3. The number of aromatic hydroxyl groups is 1. The van der Waals surface area contributed by atoms with Gasteiger partial charge in [0, 0.05) is 39.3 Å². The molecule has 2 N–H and O–H groups in total. The second-order valence-electron chi connectivity index (χ2n) is 8.11. The molecule has 3 heterocycles. The predicted molar refractivity (Wildman–Crippen MR) is 121 cm³/mol. The number of nitrogens with one attached hydrogen (secondary N) is 1. The number of amides is 2. The number of nitrogens with zero attached hydrogens (tertiary/aromatic N) is 3. The Bertz CT molecular complexity index is 1270. The molecule has 3 aromatic rings. The lowest BCUT2D eigenvalue weighted by Gasteiger charge is -2.18. The van der Waals surface area contributed by atoms with E-state index in [2.05, 4.69) is 10.3 Å². The second-order valence-corrected chi connectivity index (χ2v) is 8.11. The van der Waals surface area contributed by atoms with Crippen LogP contribution in [0, 0.1) is 5.82 Å². The average molecular weight is 452 g/mol. The van der Waals surface area contributed by atoms with E-state index in [1.165, 1.54) is 23.7 Å². The van der Waals surface area contributed by atoms with Gasteiger partial charge in [-0.05, 0) is 48.6 Å². The first-order chi connectivity index (χ1) is 15.9. The first-order valence-electron chi connectivity index (χ1n) is 10.9. The van der Waals surface area contributed by atoms with Crippen molar-refractivity contribution < 1.29 is 19.1 Å². The van der Waals surface area contributed by atoms with Crippen molar-refractivity contribution in [1.29, 1.82) is 0 Å². The van der Waals surface area contributed by atoms with Gasteiger partial charge in [-0.25, -0.2) is 4.39 Å². The van der Waals surface area contributed by atoms with Gasteiger partial charge in [0.15, 0.2) is 5.75 Å². The third-order valence-electron chi connectivity index (χ3n) is 5.89. The molecule has 1 saturated heterocycles. The molecular formula is C24H25FN4O4. The highest BCUT2D eigenvalue weighted by molar-refractivity contribution is 6.01. The lowest BCUT2D eigenvalue weighted by Crippen LogP contribution is -2.33. The summed E-state index contributed by atoms with van der Waals surface area (Å²) in [4.78, 5) is 43.5. The summed E-state index contributed by atoms with van der Waals surface area (Å²) in [5.41, 5.74) is 1.20. The zero-order valence-electron chi connectivity index (χ0n) is 18.3. The highest BCUT2D eigenvalue weighted by Gasteiger charge is 2.24. The number of rotatable bonds is 7. The van der Waals surface area contributed by atoms with Crippen molar-refractivity contribution in [2.75, 3.05) is 20.1 Å². The Hall–Kier alpha value is -3.75. The number of hydrogen-bond donors (Lipinski definition) is 2. The maximum Gasteiger partial charge on any atom is 0.267 e. The molecule has 0 aliphatic carbocycles. The summed E-state index contributed by atoms with van der Waals surface area (Å²) in [5, 5.41) is 13.1. The number of carbonyl (C=O) groups excluding carboxylic acids is 2. The monoisotopic (exact) mass is 452 g/mol. The summed E-state index contributed by atoms with van der Waals surface area (Å²) in [6.07, 6.45) is 3.91. The Morgan fingerprint density at radius 1 is 1.18 bits per heavy atom. The summed E-state index contributed by atoms with van der Waals surface area (Å²) in [7, 11) is 1.38. The fourth-order valence-electron chi connectivity index (χ4n) is 4.19. The lowest BCUT2D eigenvalue weighted by atomic mass is 10.1. The van der Waals surface area contributed by atoms with E-state index in [9.17, 15) is 23.9 Å². The van der Waals surface area contributed by atoms with Gasteiger partial charge in [0.05, 0.1) is 5.52 Å². The van der Waals surface area contributed by atoms with Crippen molar-refractivity contribution in [2.45, 2.75) is 32.2 Å². The van der Waals surface area contributed by atoms with E-state index in [-0.39, 0.29) is 29.3 Å². The van der Waals surface area contributed by atoms with Crippen LogP contribution in [0.2, 0.25) is 0 Å². The van der Waals surface area contributed by atoms with Crippen LogP contribution >= 0.6 is 0 Å². The Balaban J connectivity index is 1.73. The smallest absolute Gasteiger partial charge is 0.267 e. The van der Waals surface area contributed by atoms with E-state index in [0.29, 0.717) is 37.9 Å². The first kappa shape index (κ1) is 22.4. The van der Waals surface area contributed by atoms with Gasteiger partial charge in [-0.3, -0.25) is 19.4 Å². The van der Waals surface area contributed by atoms with Crippen LogP contribution in [0.5, 0.6) is 5.75 Å². The highest BCUT2D eigenvalue weighted by Crippen LogP contribution is 2.26. The van der Waals surface area contributed by atoms with Gasteiger partial charge in [0.2, 0.25) is 5.91 Å². The molecule has 1 aromatic carbocycles. The van der Waals surface area contributed by atoms with Crippen molar-refractivity contribution in [2.24, 2.45) is 0 Å². The summed E-state index contributed by atoms with van der Waals surface area (Å²) in [6, 6.07) is 7.85. The molecule has 9 heteroatoms. The average Bonchev–Trinajstić information content (AvgIpc) is 3.22. The quantitative estimate of drug-likeness (QED) is 0.572. The van der Waals surface area contributed by atoms with E-state index in [4.69, 9.17) is 0 Å². The molecule has 0 spiro atoms. The Kier molecular flexibility index (Phi) is 6.39. The lowest BCUT2D eigenvalue weighted by molar-refractivity contribution is -0.127. The van der Waals surface area contributed by atoms with Crippen LogP contribution in [0.25, 0.3) is 11.0 Å². The number of fused-ring (bicyclic) bond motifs is 1. The van der Waals surface area contributed by atoms with Crippen molar-refractivity contribution in [1.82, 2.24) is 19.8 Å². The minimum absolute atomic E-state index is 0.104. The Morgan fingerprint density at radius 2 is 1.94 bits per heavy atom. The number of carbonyl (C=O) groups is 2. The molecule has 1 aliphatic heterocycles. The Labute approximate surface area is 189 Å². The predicted octanol–water partition coefficient (Wildman–Crippen LogP) is 2.20. The van der Waals surface area contributed by atoms with Crippen LogP contribution < -0.4 is 10.9 Å². The molecule has 0 bridgehead atoms. The topological polar surface area (TPSA) is 105 Å². The molecule has 33 heavy (non-hydrogen) atoms. The minimum Gasteiger partial charge on any atom is -0.505 e. The molecule has 0 saturated carbocycles. The zero-order chi connectivity index (χ0) is 23.5. The van der Waals surface area contributed by atoms with Crippen molar-refractivity contribution in [3.05, 3.63) is 69.4 Å². The van der Waals surface area contributed by atoms with Crippen LogP contribution in [0.1, 0.15) is 40.7 Å². The van der Waals surface area contributed by atoms with E-state index < -0.39 is 17.2 Å². The van der Waals surface area contributed by atoms with Crippen LogP contribution in [0.4, 0.5) is 4.39 Å². The van der Waals surface area contributed by atoms with Crippen LogP contribution in [0.3, 0.4) is 0 Å². The SMILES string of the molecule is CNC(=O)c1c(O)c2ncc(Cc3ccc(F)cc3)cc2n(CCCN2CCCC2=O)c1=O. The van der Waals surface area contributed by atoms with Crippen molar-refractivity contribution in [3.63, 3.8) is 0 Å². The number of halogens is 1. The first-order valence-corrected chi connectivity index (χ1v) is 10.9. The maximum atomic E-state index is 13.2. The maximum absolute atomic E-state index is 13.2. The summed E-state index contributed by atoms with van der Waals surface area (Å²) < 4.78 is 14.7. The van der Waals surface area contributed by atoms with Gasteiger partial charge in [-0.15, -0.1) is 0 Å². The molecule has 172 valence electrons.